The maximum absolute atomic E-state index is 11.4. The van der Waals surface area contributed by atoms with Crippen LogP contribution in [0, 0.1) is 0 Å². The summed E-state index contributed by atoms with van der Waals surface area (Å²) < 4.78 is 0. The third-order valence-electron chi connectivity index (χ3n) is 1.82. The van der Waals surface area contributed by atoms with E-state index >= 15 is 0 Å². The monoisotopic (exact) mass is 231 g/mol. The number of nitrogens with two attached hydrogens (primary N) is 1. The van der Waals surface area contributed by atoms with Gasteiger partial charge in [-0.05, 0) is 6.42 Å². The number of imide groups is 1. The van der Waals surface area contributed by atoms with Gasteiger partial charge < -0.3 is 16.2 Å². The van der Waals surface area contributed by atoms with Crippen molar-refractivity contribution in [3.63, 3.8) is 0 Å². The molecule has 16 heavy (non-hydrogen) atoms. The van der Waals surface area contributed by atoms with Crippen LogP contribution in [0.5, 0.6) is 0 Å². The molecule has 7 nitrogen and oxygen atoms in total. The number of hydrogen-bond donors (Lipinski definition) is 3. The van der Waals surface area contributed by atoms with Crippen molar-refractivity contribution in [1.29, 1.82) is 0 Å². The van der Waals surface area contributed by atoms with Gasteiger partial charge in [0, 0.05) is 6.54 Å². The molecule has 7 heteroatoms. The number of carboxylic acid groups (broad SMARTS) is 1. The maximum Gasteiger partial charge on any atom is 0.324 e. The van der Waals surface area contributed by atoms with Crippen LogP contribution in [-0.2, 0) is 9.59 Å². The molecule has 0 atom stereocenters. The van der Waals surface area contributed by atoms with E-state index in [-0.39, 0.29) is 0 Å². The van der Waals surface area contributed by atoms with Crippen LogP contribution in [0.4, 0.5) is 4.79 Å². The largest absolute Gasteiger partial charge is 0.480 e. The summed E-state index contributed by atoms with van der Waals surface area (Å²) >= 11 is 0. The number of carboxylic acids is 1. The lowest BCUT2D eigenvalue weighted by Gasteiger charge is -2.18. The number of urea groups is 1. The molecule has 0 aromatic rings. The van der Waals surface area contributed by atoms with Gasteiger partial charge >= 0.3 is 12.0 Å². The molecule has 3 amide bonds. The summed E-state index contributed by atoms with van der Waals surface area (Å²) in [7, 11) is 0. The Morgan fingerprint density at radius 2 is 2.00 bits per heavy atom. The van der Waals surface area contributed by atoms with E-state index in [4.69, 9.17) is 10.8 Å². The lowest BCUT2D eigenvalue weighted by molar-refractivity contribution is -0.141. The summed E-state index contributed by atoms with van der Waals surface area (Å²) in [5.74, 6) is -1.97. The Balaban J connectivity index is 4.32. The van der Waals surface area contributed by atoms with E-state index in [1.165, 1.54) is 0 Å². The third-order valence-corrected chi connectivity index (χ3v) is 1.82. The molecule has 0 rings (SSSR count). The van der Waals surface area contributed by atoms with E-state index in [0.717, 1.165) is 12.8 Å². The Morgan fingerprint density at radius 3 is 2.44 bits per heavy atom. The maximum atomic E-state index is 11.4. The smallest absolute Gasteiger partial charge is 0.324 e. The number of carbonyl (C=O) groups excluding carboxylic acids is 2. The van der Waals surface area contributed by atoms with Gasteiger partial charge in [0.25, 0.3) is 0 Å². The number of amides is 3. The molecule has 0 aliphatic heterocycles. The summed E-state index contributed by atoms with van der Waals surface area (Å²) in [6.45, 7) is 1.29. The Bertz CT molecular complexity index is 267. The predicted molar refractivity (Wildman–Crippen MR) is 56.7 cm³/mol. The van der Waals surface area contributed by atoms with Crippen molar-refractivity contribution in [2.75, 3.05) is 19.6 Å². The molecule has 0 bridgehead atoms. The summed E-state index contributed by atoms with van der Waals surface area (Å²) in [5.41, 5.74) is 5.08. The fourth-order valence-electron chi connectivity index (χ4n) is 0.986. The number of nitrogens with zero attached hydrogens (tertiary/aromatic N) is 1. The number of carbonyl (C=O) groups is 3. The van der Waals surface area contributed by atoms with E-state index in [2.05, 4.69) is 5.32 Å². The molecule has 0 unspecified atom stereocenters. The molecular formula is C9H17N3O4. The van der Waals surface area contributed by atoms with Gasteiger partial charge in [0.2, 0.25) is 5.91 Å². The topological polar surface area (TPSA) is 113 Å². The number of rotatable bonds is 6. The second-order valence-electron chi connectivity index (χ2n) is 3.16. The molecule has 4 N–H and O–H groups in total. The lowest BCUT2D eigenvalue weighted by atomic mass is 10.3. The molecule has 0 spiro atoms. The molecule has 0 aromatic carbocycles. The van der Waals surface area contributed by atoms with Gasteiger partial charge in [-0.3, -0.25) is 14.5 Å². The highest BCUT2D eigenvalue weighted by Gasteiger charge is 2.22. The number of aliphatic carboxylic acids is 1. The highest BCUT2D eigenvalue weighted by Crippen LogP contribution is 1.92. The zero-order valence-electron chi connectivity index (χ0n) is 9.23. The minimum atomic E-state index is -1.26. The van der Waals surface area contributed by atoms with Gasteiger partial charge in [-0.1, -0.05) is 13.3 Å². The first-order valence-corrected chi connectivity index (χ1v) is 5.03. The minimum absolute atomic E-state index is 0.394. The normalized spacial score (nSPS) is 9.62. The number of unbranched alkanes of at least 4 members (excludes halogenated alkanes) is 1. The molecule has 0 fully saturated rings. The first kappa shape index (κ1) is 14.4. The molecule has 0 radical (unpaired) electrons. The number of hydrogen-bond acceptors (Lipinski definition) is 4. The molecular weight excluding hydrogens is 214 g/mol. The Morgan fingerprint density at radius 1 is 1.38 bits per heavy atom. The van der Waals surface area contributed by atoms with Crippen LogP contribution in [0.15, 0.2) is 0 Å². The van der Waals surface area contributed by atoms with Gasteiger partial charge in [0.1, 0.15) is 6.54 Å². The van der Waals surface area contributed by atoms with Crippen molar-refractivity contribution in [1.82, 2.24) is 10.2 Å². The van der Waals surface area contributed by atoms with E-state index < -0.39 is 31.0 Å². The van der Waals surface area contributed by atoms with Crippen molar-refractivity contribution in [2.45, 2.75) is 19.8 Å². The van der Waals surface area contributed by atoms with Gasteiger partial charge in [0.15, 0.2) is 0 Å². The zero-order valence-corrected chi connectivity index (χ0v) is 9.23. The van der Waals surface area contributed by atoms with Crippen molar-refractivity contribution in [2.24, 2.45) is 5.73 Å². The van der Waals surface area contributed by atoms with Gasteiger partial charge in [0.05, 0.1) is 6.54 Å². The van der Waals surface area contributed by atoms with E-state index in [9.17, 15) is 14.4 Å². The van der Waals surface area contributed by atoms with Crippen LogP contribution >= 0.6 is 0 Å². The fraction of sp³-hybridized carbons (Fsp3) is 0.667. The van der Waals surface area contributed by atoms with Gasteiger partial charge in [-0.2, -0.15) is 0 Å². The van der Waals surface area contributed by atoms with E-state index in [1.54, 1.807) is 0 Å². The van der Waals surface area contributed by atoms with Crippen molar-refractivity contribution in [3.8, 4) is 0 Å². The van der Waals surface area contributed by atoms with E-state index in [0.29, 0.717) is 11.4 Å². The molecule has 0 heterocycles. The average molecular weight is 231 g/mol. The molecule has 0 saturated carbocycles. The predicted octanol–water partition coefficient (Wildman–Crippen LogP) is -0.632. The van der Waals surface area contributed by atoms with Crippen LogP contribution in [-0.4, -0.2) is 47.5 Å². The first-order chi connectivity index (χ1) is 7.52. The second-order valence-corrected chi connectivity index (χ2v) is 3.16. The number of nitrogens with one attached hydrogen (secondary N) is 1. The summed E-state index contributed by atoms with van der Waals surface area (Å²) in [4.78, 5) is 33.7. The molecule has 0 aliphatic rings. The fourth-order valence-corrected chi connectivity index (χ4v) is 0.986. The van der Waals surface area contributed by atoms with Gasteiger partial charge in [-0.25, -0.2) is 4.79 Å². The SMILES string of the molecule is CCCCNC(=O)N(CC(=O)O)C(=O)CN. The minimum Gasteiger partial charge on any atom is -0.480 e. The van der Waals surface area contributed by atoms with Gasteiger partial charge in [-0.15, -0.1) is 0 Å². The average Bonchev–Trinajstić information content (AvgIpc) is 2.24. The van der Waals surface area contributed by atoms with Crippen LogP contribution in [0.1, 0.15) is 19.8 Å². The standard InChI is InChI=1S/C9H17N3O4/c1-2-3-4-11-9(16)12(6-8(14)15)7(13)5-10/h2-6,10H2,1H3,(H,11,16)(H,14,15). The highest BCUT2D eigenvalue weighted by atomic mass is 16.4. The second kappa shape index (κ2) is 7.63. The molecule has 92 valence electrons. The van der Waals surface area contributed by atoms with Crippen LogP contribution in [0.3, 0.4) is 0 Å². The van der Waals surface area contributed by atoms with Crippen LogP contribution in [0.2, 0.25) is 0 Å². The van der Waals surface area contributed by atoms with E-state index in [1.807, 2.05) is 6.92 Å². The van der Waals surface area contributed by atoms with Crippen molar-refractivity contribution < 1.29 is 19.5 Å². The summed E-state index contributed by atoms with van der Waals surface area (Å²) in [6.07, 6.45) is 1.66. The third kappa shape index (κ3) is 5.30. The van der Waals surface area contributed by atoms with Crippen molar-refractivity contribution in [3.05, 3.63) is 0 Å². The quantitative estimate of drug-likeness (QED) is 0.527. The van der Waals surface area contributed by atoms with Crippen LogP contribution < -0.4 is 11.1 Å². The first-order valence-electron chi connectivity index (χ1n) is 5.03. The van der Waals surface area contributed by atoms with Crippen molar-refractivity contribution >= 4 is 17.9 Å². The molecule has 0 aromatic heterocycles. The Labute approximate surface area is 93.6 Å². The zero-order chi connectivity index (χ0) is 12.6. The molecule has 0 saturated heterocycles. The summed E-state index contributed by atoms with van der Waals surface area (Å²) in [6, 6.07) is -0.716. The highest BCUT2D eigenvalue weighted by molar-refractivity contribution is 5.97. The van der Waals surface area contributed by atoms with Crippen LogP contribution in [0.25, 0.3) is 0 Å². The molecule has 0 aliphatic carbocycles. The Kier molecular flexibility index (Phi) is 6.86. The Hall–Kier alpha value is -1.63. The lowest BCUT2D eigenvalue weighted by Crippen LogP contribution is -2.48. The summed E-state index contributed by atoms with van der Waals surface area (Å²) in [5, 5.41) is 11.0.